The lowest BCUT2D eigenvalue weighted by Gasteiger charge is -2.21. The van der Waals surface area contributed by atoms with Crippen molar-refractivity contribution in [2.45, 2.75) is 20.3 Å². The van der Waals surface area contributed by atoms with E-state index < -0.39 is 0 Å². The predicted octanol–water partition coefficient (Wildman–Crippen LogP) is 3.87. The summed E-state index contributed by atoms with van der Waals surface area (Å²) < 4.78 is 11.2. The Bertz CT molecular complexity index is 978. The number of rotatable bonds is 3. The molecular weight excluding hydrogens is 362 g/mol. The highest BCUT2D eigenvalue weighted by Gasteiger charge is 2.26. The van der Waals surface area contributed by atoms with Gasteiger partial charge in [-0.05, 0) is 38.5 Å². The second kappa shape index (κ2) is 7.23. The van der Waals surface area contributed by atoms with Gasteiger partial charge >= 0.3 is 0 Å². The minimum atomic E-state index is -0.0418. The van der Waals surface area contributed by atoms with Gasteiger partial charge in [0.15, 0.2) is 10.9 Å². The molecule has 0 bridgehead atoms. The van der Waals surface area contributed by atoms with Gasteiger partial charge in [-0.3, -0.25) is 4.79 Å². The quantitative estimate of drug-likeness (QED) is 0.685. The van der Waals surface area contributed by atoms with E-state index in [0.29, 0.717) is 17.9 Å². The summed E-state index contributed by atoms with van der Waals surface area (Å²) in [6.45, 7) is 7.02. The van der Waals surface area contributed by atoms with E-state index in [0.717, 1.165) is 53.6 Å². The normalized spacial score (nSPS) is 15.2. The van der Waals surface area contributed by atoms with Crippen LogP contribution in [0.3, 0.4) is 0 Å². The lowest BCUT2D eigenvalue weighted by molar-refractivity contribution is 0.0736. The van der Waals surface area contributed by atoms with Gasteiger partial charge in [-0.1, -0.05) is 0 Å². The monoisotopic (exact) mass is 385 g/mol. The average molecular weight is 385 g/mol. The van der Waals surface area contributed by atoms with Gasteiger partial charge in [-0.15, -0.1) is 11.3 Å². The number of aromatic nitrogens is 1. The number of carbonyl (C=O) groups excluding carboxylic acids is 1. The minimum absolute atomic E-state index is 0.0418. The number of amides is 1. The fourth-order valence-electron chi connectivity index (χ4n) is 3.47. The Morgan fingerprint density at radius 3 is 2.81 bits per heavy atom. The van der Waals surface area contributed by atoms with Crippen LogP contribution in [0.15, 0.2) is 28.0 Å². The number of fused-ring (bicyclic) bond motifs is 1. The first-order valence-electron chi connectivity index (χ1n) is 9.10. The van der Waals surface area contributed by atoms with Crippen LogP contribution in [0.5, 0.6) is 5.75 Å². The van der Waals surface area contributed by atoms with Crippen LogP contribution in [0.1, 0.15) is 28.2 Å². The van der Waals surface area contributed by atoms with Gasteiger partial charge in [-0.2, -0.15) is 0 Å². The van der Waals surface area contributed by atoms with Crippen LogP contribution in [0, 0.1) is 13.8 Å². The topological polar surface area (TPSA) is 58.8 Å². The third-order valence-electron chi connectivity index (χ3n) is 5.00. The molecule has 4 rings (SSSR count). The van der Waals surface area contributed by atoms with Crippen molar-refractivity contribution in [2.75, 3.05) is 38.2 Å². The molecule has 1 saturated heterocycles. The van der Waals surface area contributed by atoms with Crippen molar-refractivity contribution in [3.63, 3.8) is 0 Å². The summed E-state index contributed by atoms with van der Waals surface area (Å²) in [6.07, 6.45) is 0.914. The number of hydrogen-bond donors (Lipinski definition) is 0. The molecule has 1 aliphatic rings. The SMILES string of the molecule is COc1ccc2oc(C(=O)N3CCCN(c4nc(C)cs4)CC3)c(C)c2c1. The molecule has 7 heteroatoms. The molecule has 0 radical (unpaired) electrons. The number of ether oxygens (including phenoxy) is 1. The number of carbonyl (C=O) groups is 1. The second-order valence-corrected chi connectivity index (χ2v) is 7.66. The molecule has 3 aromatic rings. The molecule has 1 aromatic carbocycles. The maximum absolute atomic E-state index is 13.1. The summed E-state index contributed by atoms with van der Waals surface area (Å²) in [4.78, 5) is 21.8. The Morgan fingerprint density at radius 2 is 2.07 bits per heavy atom. The van der Waals surface area contributed by atoms with Gasteiger partial charge in [-0.25, -0.2) is 4.98 Å². The van der Waals surface area contributed by atoms with Crippen LogP contribution in [0.4, 0.5) is 5.13 Å². The van der Waals surface area contributed by atoms with Crippen molar-refractivity contribution in [1.82, 2.24) is 9.88 Å². The Balaban J connectivity index is 1.54. The first kappa shape index (κ1) is 17.9. The molecule has 0 N–H and O–H groups in total. The third-order valence-corrected chi connectivity index (χ3v) is 6.02. The van der Waals surface area contributed by atoms with Gasteiger partial charge in [0.1, 0.15) is 11.3 Å². The van der Waals surface area contributed by atoms with E-state index in [-0.39, 0.29) is 5.91 Å². The summed E-state index contributed by atoms with van der Waals surface area (Å²) >= 11 is 1.66. The molecule has 2 aromatic heterocycles. The van der Waals surface area contributed by atoms with Crippen LogP contribution in [-0.4, -0.2) is 49.1 Å². The zero-order valence-corrected chi connectivity index (χ0v) is 16.6. The minimum Gasteiger partial charge on any atom is -0.497 e. The number of anilines is 1. The lowest BCUT2D eigenvalue weighted by atomic mass is 10.1. The Kier molecular flexibility index (Phi) is 4.78. The standard InChI is InChI=1S/C20H23N3O3S/c1-13-12-27-20(21-13)23-8-4-7-22(9-10-23)19(24)18-14(2)16-11-15(25-3)5-6-17(16)26-18/h5-6,11-12H,4,7-10H2,1-3H3. The van der Waals surface area contributed by atoms with Crippen molar-refractivity contribution in [1.29, 1.82) is 0 Å². The molecule has 1 aliphatic heterocycles. The highest BCUT2D eigenvalue weighted by Crippen LogP contribution is 2.30. The molecule has 27 heavy (non-hydrogen) atoms. The maximum Gasteiger partial charge on any atom is 0.289 e. The van der Waals surface area contributed by atoms with Gasteiger partial charge in [0.2, 0.25) is 0 Å². The largest absolute Gasteiger partial charge is 0.497 e. The molecule has 1 fully saturated rings. The molecule has 3 heterocycles. The van der Waals surface area contributed by atoms with E-state index in [2.05, 4.69) is 15.3 Å². The highest BCUT2D eigenvalue weighted by molar-refractivity contribution is 7.13. The zero-order chi connectivity index (χ0) is 19.0. The van der Waals surface area contributed by atoms with Gasteiger partial charge in [0.05, 0.1) is 12.8 Å². The molecule has 0 saturated carbocycles. The summed E-state index contributed by atoms with van der Waals surface area (Å²) in [5.74, 6) is 1.14. The predicted molar refractivity (Wildman–Crippen MR) is 107 cm³/mol. The average Bonchev–Trinajstić information content (AvgIpc) is 3.15. The van der Waals surface area contributed by atoms with Crippen molar-refractivity contribution < 1.29 is 13.9 Å². The molecule has 0 aliphatic carbocycles. The zero-order valence-electron chi connectivity index (χ0n) is 15.8. The van der Waals surface area contributed by atoms with Crippen molar-refractivity contribution >= 4 is 33.3 Å². The fraction of sp³-hybridized carbons (Fsp3) is 0.400. The van der Waals surface area contributed by atoms with E-state index in [1.54, 1.807) is 18.4 Å². The fourth-order valence-corrected chi connectivity index (χ4v) is 4.33. The molecule has 1 amide bonds. The molecule has 6 nitrogen and oxygen atoms in total. The first-order valence-corrected chi connectivity index (χ1v) is 9.98. The Morgan fingerprint density at radius 1 is 1.22 bits per heavy atom. The molecular formula is C20H23N3O3S. The van der Waals surface area contributed by atoms with Crippen LogP contribution in [-0.2, 0) is 0 Å². The molecule has 0 unspecified atom stereocenters. The number of hydrogen-bond acceptors (Lipinski definition) is 6. The van der Waals surface area contributed by atoms with Crippen LogP contribution in [0.25, 0.3) is 11.0 Å². The summed E-state index contributed by atoms with van der Waals surface area (Å²) in [5.41, 5.74) is 2.62. The van der Waals surface area contributed by atoms with E-state index in [1.807, 2.05) is 36.9 Å². The van der Waals surface area contributed by atoms with E-state index in [1.165, 1.54) is 0 Å². The van der Waals surface area contributed by atoms with Gasteiger partial charge in [0.25, 0.3) is 5.91 Å². The molecule has 142 valence electrons. The Hall–Kier alpha value is -2.54. The van der Waals surface area contributed by atoms with Crippen molar-refractivity contribution in [2.24, 2.45) is 0 Å². The van der Waals surface area contributed by atoms with Crippen LogP contribution in [0.2, 0.25) is 0 Å². The third kappa shape index (κ3) is 3.39. The Labute approximate surface area is 162 Å². The molecule has 0 atom stereocenters. The van der Waals surface area contributed by atoms with Gasteiger partial charge in [0, 0.05) is 42.5 Å². The first-order chi connectivity index (χ1) is 13.1. The van der Waals surface area contributed by atoms with Crippen molar-refractivity contribution in [3.8, 4) is 5.75 Å². The number of furan rings is 1. The van der Waals surface area contributed by atoms with E-state index in [4.69, 9.17) is 9.15 Å². The number of benzene rings is 1. The number of thiazole rings is 1. The van der Waals surface area contributed by atoms with Crippen LogP contribution >= 0.6 is 11.3 Å². The summed E-state index contributed by atoms with van der Waals surface area (Å²) in [6, 6.07) is 5.62. The number of aryl methyl sites for hydroxylation is 2. The van der Waals surface area contributed by atoms with Crippen molar-refractivity contribution in [3.05, 3.63) is 40.6 Å². The van der Waals surface area contributed by atoms with Crippen LogP contribution < -0.4 is 9.64 Å². The van der Waals surface area contributed by atoms with E-state index in [9.17, 15) is 4.79 Å². The van der Waals surface area contributed by atoms with E-state index >= 15 is 0 Å². The lowest BCUT2D eigenvalue weighted by Crippen LogP contribution is -2.35. The summed E-state index contributed by atoms with van der Waals surface area (Å²) in [7, 11) is 1.63. The molecule has 0 spiro atoms. The summed E-state index contributed by atoms with van der Waals surface area (Å²) in [5, 5.41) is 4.02. The second-order valence-electron chi connectivity index (χ2n) is 6.82. The van der Waals surface area contributed by atoms with Gasteiger partial charge < -0.3 is 19.0 Å². The number of methoxy groups -OCH3 is 1. The maximum atomic E-state index is 13.1. The smallest absolute Gasteiger partial charge is 0.289 e. The number of nitrogens with zero attached hydrogens (tertiary/aromatic N) is 3. The highest BCUT2D eigenvalue weighted by atomic mass is 32.1.